The molecule has 1 heterocycles. The minimum absolute atomic E-state index is 0.0569. The maximum absolute atomic E-state index is 11.9. The smallest absolute Gasteiger partial charge is 0.321 e. The average Bonchev–Trinajstić information content (AvgIpc) is 2.87. The number of nitrogen functional groups attached to an aromatic ring is 1. The van der Waals surface area contributed by atoms with E-state index in [-0.39, 0.29) is 23.7 Å². The summed E-state index contributed by atoms with van der Waals surface area (Å²) in [6.07, 6.45) is 3.25. The molecule has 9 heteroatoms. The molecule has 122 valence electrons. The molecule has 0 unspecified atom stereocenters. The quantitative estimate of drug-likeness (QED) is 0.615. The van der Waals surface area contributed by atoms with E-state index < -0.39 is 6.03 Å². The number of hydrogen-bond acceptors (Lipinski definition) is 6. The van der Waals surface area contributed by atoms with E-state index in [1.54, 1.807) is 0 Å². The Morgan fingerprint density at radius 3 is 2.86 bits per heavy atom. The zero-order chi connectivity index (χ0) is 16.1. The number of aromatic amines is 1. The highest BCUT2D eigenvalue weighted by molar-refractivity contribution is 7.99. The van der Waals surface area contributed by atoms with E-state index in [0.29, 0.717) is 17.0 Å². The van der Waals surface area contributed by atoms with E-state index in [2.05, 4.69) is 39.7 Å². The third-order valence-corrected chi connectivity index (χ3v) is 4.94. The van der Waals surface area contributed by atoms with Gasteiger partial charge in [-0.15, -0.1) is 5.10 Å². The van der Waals surface area contributed by atoms with Crippen molar-refractivity contribution in [2.45, 2.75) is 44.3 Å². The normalized spacial score (nSPS) is 24.7. The van der Waals surface area contributed by atoms with Crippen molar-refractivity contribution in [3.8, 4) is 0 Å². The van der Waals surface area contributed by atoms with Gasteiger partial charge in [0.25, 0.3) is 0 Å². The summed E-state index contributed by atoms with van der Waals surface area (Å²) in [5.74, 6) is 0.867. The average molecular weight is 326 g/mol. The highest BCUT2D eigenvalue weighted by atomic mass is 32.2. The van der Waals surface area contributed by atoms with Gasteiger partial charge in [0.2, 0.25) is 17.0 Å². The van der Waals surface area contributed by atoms with Crippen LogP contribution in [0.1, 0.15) is 33.1 Å². The highest BCUT2D eigenvalue weighted by Gasteiger charge is 2.28. The Bertz CT molecular complexity index is 534. The molecule has 1 aromatic heterocycles. The molecule has 1 saturated carbocycles. The molecule has 1 fully saturated rings. The Kier molecular flexibility index (Phi) is 5.64. The summed E-state index contributed by atoms with van der Waals surface area (Å²) in [6, 6.07) is -0.317. The summed E-state index contributed by atoms with van der Waals surface area (Å²) < 4.78 is 0. The first-order chi connectivity index (χ1) is 10.5. The number of thioether (sulfide) groups is 1. The van der Waals surface area contributed by atoms with Crippen LogP contribution in [0.4, 0.5) is 10.7 Å². The lowest BCUT2D eigenvalue weighted by Gasteiger charge is -2.34. The number of nitrogens with zero attached hydrogens (tertiary/aromatic N) is 2. The first-order valence-electron chi connectivity index (χ1n) is 7.36. The predicted octanol–water partition coefficient (Wildman–Crippen LogP) is 1.13. The van der Waals surface area contributed by atoms with Crippen molar-refractivity contribution in [2.24, 2.45) is 11.8 Å². The van der Waals surface area contributed by atoms with Gasteiger partial charge in [0.05, 0.1) is 5.75 Å². The molecule has 22 heavy (non-hydrogen) atoms. The number of rotatable bonds is 4. The number of nitrogens with one attached hydrogen (secondary N) is 3. The molecule has 0 bridgehead atoms. The molecule has 5 N–H and O–H groups in total. The summed E-state index contributed by atoms with van der Waals surface area (Å²) in [7, 11) is 0. The molecular weight excluding hydrogens is 304 g/mol. The first-order valence-corrected chi connectivity index (χ1v) is 8.35. The van der Waals surface area contributed by atoms with Gasteiger partial charge in [-0.05, 0) is 18.3 Å². The molecule has 0 saturated heterocycles. The number of hydrogen-bond donors (Lipinski definition) is 4. The maximum atomic E-state index is 11.9. The first kappa shape index (κ1) is 16.6. The van der Waals surface area contributed by atoms with E-state index in [9.17, 15) is 9.59 Å². The summed E-state index contributed by atoms with van der Waals surface area (Å²) in [6.45, 7) is 4.33. The van der Waals surface area contributed by atoms with Crippen molar-refractivity contribution in [3.63, 3.8) is 0 Å². The third-order valence-electron chi connectivity index (χ3n) is 4.09. The van der Waals surface area contributed by atoms with Crippen molar-refractivity contribution < 1.29 is 9.59 Å². The number of amides is 3. The number of carbonyl (C=O) groups is 2. The lowest BCUT2D eigenvalue weighted by Crippen LogP contribution is -2.49. The molecule has 0 aliphatic heterocycles. The minimum Gasteiger partial charge on any atom is -0.368 e. The minimum atomic E-state index is -0.439. The molecule has 1 aliphatic carbocycles. The van der Waals surface area contributed by atoms with Crippen LogP contribution >= 0.6 is 11.8 Å². The second-order valence-electron chi connectivity index (χ2n) is 5.69. The second-order valence-corrected chi connectivity index (χ2v) is 6.63. The number of imide groups is 1. The van der Waals surface area contributed by atoms with Crippen molar-refractivity contribution in [1.82, 2.24) is 25.8 Å². The standard InChI is InChI=1S/C13H22N6O2S/c1-7-4-3-5-9(8(7)2)15-12(21)16-10(20)6-22-13-17-11(14)18-19-13/h7-9H,3-6H2,1-2H3,(H3,14,17,18,19)(H2,15,16,20,21)/t7-,8-,9-/m1/s1. The Morgan fingerprint density at radius 1 is 1.41 bits per heavy atom. The molecule has 0 aromatic carbocycles. The van der Waals surface area contributed by atoms with Gasteiger partial charge in [-0.25, -0.2) is 9.89 Å². The van der Waals surface area contributed by atoms with Gasteiger partial charge in [0, 0.05) is 6.04 Å². The summed E-state index contributed by atoms with van der Waals surface area (Å²) >= 11 is 1.11. The fourth-order valence-electron chi connectivity index (χ4n) is 2.61. The van der Waals surface area contributed by atoms with Gasteiger partial charge in [-0.2, -0.15) is 4.98 Å². The number of anilines is 1. The van der Waals surface area contributed by atoms with Crippen LogP contribution in [0.25, 0.3) is 0 Å². The summed E-state index contributed by atoms with van der Waals surface area (Å²) in [5, 5.41) is 11.9. The summed E-state index contributed by atoms with van der Waals surface area (Å²) in [4.78, 5) is 27.5. The topological polar surface area (TPSA) is 126 Å². The fourth-order valence-corrected chi connectivity index (χ4v) is 3.21. The van der Waals surface area contributed by atoms with Crippen molar-refractivity contribution in [2.75, 3.05) is 11.5 Å². The van der Waals surface area contributed by atoms with Crippen molar-refractivity contribution >= 4 is 29.6 Å². The van der Waals surface area contributed by atoms with E-state index in [4.69, 9.17) is 5.73 Å². The van der Waals surface area contributed by atoms with E-state index in [1.807, 2.05) is 0 Å². The molecule has 1 aliphatic rings. The van der Waals surface area contributed by atoms with Crippen LogP contribution in [0.5, 0.6) is 0 Å². The highest BCUT2D eigenvalue weighted by Crippen LogP contribution is 2.29. The van der Waals surface area contributed by atoms with E-state index in [1.165, 1.54) is 6.42 Å². The van der Waals surface area contributed by atoms with Crippen LogP contribution in [0, 0.1) is 11.8 Å². The van der Waals surface area contributed by atoms with E-state index in [0.717, 1.165) is 24.6 Å². The molecular formula is C13H22N6O2S. The Hall–Kier alpha value is -1.77. The largest absolute Gasteiger partial charge is 0.368 e. The van der Waals surface area contributed by atoms with E-state index >= 15 is 0 Å². The number of aromatic nitrogens is 3. The summed E-state index contributed by atoms with van der Waals surface area (Å²) in [5.41, 5.74) is 5.39. The van der Waals surface area contributed by atoms with Gasteiger partial charge >= 0.3 is 6.03 Å². The molecule has 2 rings (SSSR count). The van der Waals surface area contributed by atoms with Crippen LogP contribution in [0.3, 0.4) is 0 Å². The van der Waals surface area contributed by atoms with Crippen LogP contribution in [0.15, 0.2) is 5.16 Å². The molecule has 8 nitrogen and oxygen atoms in total. The van der Waals surface area contributed by atoms with Crippen LogP contribution in [0.2, 0.25) is 0 Å². The lowest BCUT2D eigenvalue weighted by atomic mass is 9.78. The van der Waals surface area contributed by atoms with Gasteiger partial charge < -0.3 is 11.1 Å². The monoisotopic (exact) mass is 326 g/mol. The van der Waals surface area contributed by atoms with Crippen molar-refractivity contribution in [1.29, 1.82) is 0 Å². The molecule has 3 atom stereocenters. The van der Waals surface area contributed by atoms with Crippen LogP contribution < -0.4 is 16.4 Å². The molecule has 0 spiro atoms. The number of carbonyl (C=O) groups excluding carboxylic acids is 2. The van der Waals surface area contributed by atoms with Gasteiger partial charge in [-0.3, -0.25) is 10.1 Å². The fraction of sp³-hybridized carbons (Fsp3) is 0.692. The zero-order valence-corrected chi connectivity index (χ0v) is 13.6. The number of H-pyrrole nitrogens is 1. The van der Waals surface area contributed by atoms with Gasteiger partial charge in [0.15, 0.2) is 0 Å². The Morgan fingerprint density at radius 2 is 2.18 bits per heavy atom. The lowest BCUT2D eigenvalue weighted by molar-refractivity contribution is -0.117. The van der Waals surface area contributed by atoms with Crippen molar-refractivity contribution in [3.05, 3.63) is 0 Å². The van der Waals surface area contributed by atoms with Crippen LogP contribution in [-0.4, -0.2) is 38.9 Å². The number of nitrogens with two attached hydrogens (primary N) is 1. The molecule has 0 radical (unpaired) electrons. The Balaban J connectivity index is 1.73. The predicted molar refractivity (Wildman–Crippen MR) is 84.2 cm³/mol. The molecule has 1 aromatic rings. The SMILES string of the molecule is C[C@@H]1[C@H](C)CCC[C@H]1NC(=O)NC(=O)CSc1n[nH]c(N)n1. The maximum Gasteiger partial charge on any atom is 0.321 e. The molecule has 3 amide bonds. The van der Waals surface area contributed by atoms with Gasteiger partial charge in [-0.1, -0.05) is 38.5 Å². The second kappa shape index (κ2) is 7.48. The number of urea groups is 1. The van der Waals surface area contributed by atoms with Crippen LogP contribution in [-0.2, 0) is 4.79 Å². The Labute approximate surface area is 133 Å². The van der Waals surface area contributed by atoms with Gasteiger partial charge in [0.1, 0.15) is 0 Å². The third kappa shape index (κ3) is 4.62. The zero-order valence-electron chi connectivity index (χ0n) is 12.8.